The number of amides is 1. The van der Waals surface area contributed by atoms with Crippen LogP contribution < -0.4 is 11.1 Å². The summed E-state index contributed by atoms with van der Waals surface area (Å²) in [5.74, 6) is 0.234. The van der Waals surface area contributed by atoms with Gasteiger partial charge in [-0.15, -0.1) is 15.3 Å². The van der Waals surface area contributed by atoms with E-state index in [0.717, 1.165) is 5.01 Å². The molecule has 0 unspecified atom stereocenters. The molecule has 0 aromatic carbocycles. The van der Waals surface area contributed by atoms with Crippen molar-refractivity contribution in [2.24, 2.45) is 0 Å². The van der Waals surface area contributed by atoms with Crippen molar-refractivity contribution >= 4 is 40.1 Å². The number of carbonyl (C=O) groups is 1. The van der Waals surface area contributed by atoms with Crippen LogP contribution in [0.25, 0.3) is 0 Å². The summed E-state index contributed by atoms with van der Waals surface area (Å²) in [4.78, 5) is 15.4. The highest BCUT2D eigenvalue weighted by atomic mass is 32.2. The van der Waals surface area contributed by atoms with Gasteiger partial charge in [-0.3, -0.25) is 10.1 Å². The van der Waals surface area contributed by atoms with E-state index in [4.69, 9.17) is 5.73 Å². The Bertz CT molecular complexity index is 522. The molecule has 2 rings (SSSR count). The summed E-state index contributed by atoms with van der Waals surface area (Å²) in [5, 5.41) is 18.2. The third-order valence-corrected chi connectivity index (χ3v) is 3.19. The fourth-order valence-electron chi connectivity index (χ4n) is 0.955. The number of nitrogens with one attached hydrogen (secondary N) is 2. The average molecular weight is 271 g/mol. The Kier molecular flexibility index (Phi) is 3.54. The van der Waals surface area contributed by atoms with E-state index in [9.17, 15) is 4.79 Å². The molecule has 17 heavy (non-hydrogen) atoms. The first-order valence-corrected chi connectivity index (χ1v) is 6.34. The number of anilines is 2. The molecule has 0 fully saturated rings. The lowest BCUT2D eigenvalue weighted by molar-refractivity contribution is -0.113. The molecule has 0 bridgehead atoms. The van der Waals surface area contributed by atoms with Crippen LogP contribution in [-0.4, -0.2) is 37.0 Å². The van der Waals surface area contributed by atoms with Gasteiger partial charge in [-0.2, -0.15) is 4.98 Å². The molecule has 2 heterocycles. The number of nitrogens with zero attached hydrogens (tertiary/aromatic N) is 4. The minimum atomic E-state index is -0.186. The summed E-state index contributed by atoms with van der Waals surface area (Å²) in [6.45, 7) is 1.82. The maximum atomic E-state index is 11.5. The molecule has 0 spiro atoms. The molecule has 0 atom stereocenters. The Labute approximate surface area is 104 Å². The lowest BCUT2D eigenvalue weighted by Gasteiger charge is -1.97. The zero-order chi connectivity index (χ0) is 12.3. The van der Waals surface area contributed by atoms with Crippen LogP contribution in [0.15, 0.2) is 5.16 Å². The van der Waals surface area contributed by atoms with Gasteiger partial charge in [0.2, 0.25) is 22.1 Å². The molecular weight excluding hydrogens is 262 g/mol. The lowest BCUT2D eigenvalue weighted by Crippen LogP contribution is -2.13. The summed E-state index contributed by atoms with van der Waals surface area (Å²) in [5.41, 5.74) is 5.35. The number of hydrogen-bond acceptors (Lipinski definition) is 8. The van der Waals surface area contributed by atoms with Crippen molar-refractivity contribution < 1.29 is 4.79 Å². The van der Waals surface area contributed by atoms with E-state index in [2.05, 4.69) is 30.7 Å². The monoisotopic (exact) mass is 271 g/mol. The van der Waals surface area contributed by atoms with E-state index in [1.54, 1.807) is 0 Å². The predicted molar refractivity (Wildman–Crippen MR) is 64.8 cm³/mol. The number of aromatic nitrogens is 5. The fourth-order valence-corrected chi connectivity index (χ4v) is 2.17. The van der Waals surface area contributed by atoms with Gasteiger partial charge in [0.15, 0.2) is 0 Å². The molecule has 8 nitrogen and oxygen atoms in total. The molecule has 0 saturated heterocycles. The van der Waals surface area contributed by atoms with E-state index >= 15 is 0 Å². The van der Waals surface area contributed by atoms with Crippen LogP contribution in [0.2, 0.25) is 0 Å². The third kappa shape index (κ3) is 3.39. The van der Waals surface area contributed by atoms with Gasteiger partial charge in [-0.1, -0.05) is 23.1 Å². The van der Waals surface area contributed by atoms with Crippen LogP contribution in [-0.2, 0) is 4.79 Å². The molecule has 2 aromatic rings. The first kappa shape index (κ1) is 11.8. The molecule has 0 aliphatic carbocycles. The summed E-state index contributed by atoms with van der Waals surface area (Å²) in [6.07, 6.45) is 0. The van der Waals surface area contributed by atoms with Crippen LogP contribution in [0, 0.1) is 6.92 Å². The number of thioether (sulfide) groups is 1. The third-order valence-electron chi connectivity index (χ3n) is 1.59. The van der Waals surface area contributed by atoms with E-state index in [1.807, 2.05) is 6.92 Å². The summed E-state index contributed by atoms with van der Waals surface area (Å²) in [6, 6.07) is 0. The lowest BCUT2D eigenvalue weighted by atomic mass is 10.7. The van der Waals surface area contributed by atoms with Crippen LogP contribution in [0.3, 0.4) is 0 Å². The number of carbonyl (C=O) groups excluding carboxylic acids is 1. The first-order valence-electron chi connectivity index (χ1n) is 4.54. The zero-order valence-electron chi connectivity index (χ0n) is 8.80. The number of nitrogens with two attached hydrogens (primary N) is 1. The number of nitrogen functional groups attached to an aromatic ring is 1. The maximum Gasteiger partial charge on any atom is 0.236 e. The van der Waals surface area contributed by atoms with Gasteiger partial charge in [0.25, 0.3) is 0 Å². The van der Waals surface area contributed by atoms with Gasteiger partial charge in [0, 0.05) is 0 Å². The normalized spacial score (nSPS) is 10.4. The van der Waals surface area contributed by atoms with Crippen LogP contribution in [0.4, 0.5) is 11.1 Å². The van der Waals surface area contributed by atoms with Crippen molar-refractivity contribution in [3.63, 3.8) is 0 Å². The fraction of sp³-hybridized carbons (Fsp3) is 0.286. The molecule has 4 N–H and O–H groups in total. The average Bonchev–Trinajstić information content (AvgIpc) is 2.85. The van der Waals surface area contributed by atoms with Crippen LogP contribution >= 0.6 is 23.1 Å². The molecule has 0 aliphatic heterocycles. The number of H-pyrrole nitrogens is 1. The minimum absolute atomic E-state index is 0.186. The Balaban J connectivity index is 1.82. The van der Waals surface area contributed by atoms with Crippen molar-refractivity contribution in [2.75, 3.05) is 16.8 Å². The standard InChI is InChI=1S/C7H9N7OS2/c1-3-11-14-7(17-3)9-4(15)2-16-6-10-5(8)12-13-6/h2H2,1H3,(H,9,14,15)(H3,8,10,12,13). The number of rotatable bonds is 4. The zero-order valence-corrected chi connectivity index (χ0v) is 10.4. The second-order valence-electron chi connectivity index (χ2n) is 2.97. The highest BCUT2D eigenvalue weighted by Crippen LogP contribution is 2.16. The van der Waals surface area contributed by atoms with E-state index in [-0.39, 0.29) is 17.6 Å². The van der Waals surface area contributed by atoms with Gasteiger partial charge in [0.1, 0.15) is 5.01 Å². The smallest absolute Gasteiger partial charge is 0.236 e. The minimum Gasteiger partial charge on any atom is -0.368 e. The quantitative estimate of drug-likeness (QED) is 0.682. The van der Waals surface area contributed by atoms with E-state index in [0.29, 0.717) is 10.3 Å². The summed E-state index contributed by atoms with van der Waals surface area (Å²) < 4.78 is 0. The van der Waals surface area contributed by atoms with Gasteiger partial charge in [-0.05, 0) is 6.92 Å². The molecule has 0 aliphatic rings. The van der Waals surface area contributed by atoms with Crippen molar-refractivity contribution in [3.8, 4) is 0 Å². The second-order valence-corrected chi connectivity index (χ2v) is 5.09. The van der Waals surface area contributed by atoms with E-state index < -0.39 is 0 Å². The molecular formula is C7H9N7OS2. The highest BCUT2D eigenvalue weighted by Gasteiger charge is 2.09. The predicted octanol–water partition coefficient (Wildman–Crippen LogP) is 0.278. The highest BCUT2D eigenvalue weighted by molar-refractivity contribution is 7.99. The molecule has 90 valence electrons. The SMILES string of the molecule is Cc1nnc(NC(=O)CSc2n[nH]c(N)n2)s1. The van der Waals surface area contributed by atoms with Crippen molar-refractivity contribution in [1.29, 1.82) is 0 Å². The Morgan fingerprint density at radius 1 is 1.59 bits per heavy atom. The van der Waals surface area contributed by atoms with Crippen LogP contribution in [0.1, 0.15) is 5.01 Å². The molecule has 2 aromatic heterocycles. The first-order chi connectivity index (χ1) is 8.13. The van der Waals surface area contributed by atoms with E-state index in [1.165, 1.54) is 23.1 Å². The topological polar surface area (TPSA) is 122 Å². The Hall–Kier alpha value is -1.68. The van der Waals surface area contributed by atoms with Crippen molar-refractivity contribution in [3.05, 3.63) is 5.01 Å². The van der Waals surface area contributed by atoms with Gasteiger partial charge < -0.3 is 5.73 Å². The molecule has 0 saturated carbocycles. The molecule has 10 heteroatoms. The number of aromatic amines is 1. The molecule has 1 amide bonds. The van der Waals surface area contributed by atoms with Gasteiger partial charge in [-0.25, -0.2) is 5.10 Å². The number of hydrogen-bond donors (Lipinski definition) is 3. The second kappa shape index (κ2) is 5.10. The van der Waals surface area contributed by atoms with Gasteiger partial charge in [0.05, 0.1) is 5.75 Å². The number of aryl methyl sites for hydroxylation is 1. The summed E-state index contributed by atoms with van der Waals surface area (Å²) in [7, 11) is 0. The molecule has 0 radical (unpaired) electrons. The van der Waals surface area contributed by atoms with Crippen molar-refractivity contribution in [2.45, 2.75) is 12.1 Å². The summed E-state index contributed by atoms with van der Waals surface area (Å²) >= 11 is 2.51. The Morgan fingerprint density at radius 2 is 2.41 bits per heavy atom. The van der Waals surface area contributed by atoms with Crippen LogP contribution in [0.5, 0.6) is 0 Å². The maximum absolute atomic E-state index is 11.5. The largest absolute Gasteiger partial charge is 0.368 e. The van der Waals surface area contributed by atoms with Gasteiger partial charge >= 0.3 is 0 Å². The van der Waals surface area contributed by atoms with Crippen molar-refractivity contribution in [1.82, 2.24) is 25.4 Å². The Morgan fingerprint density at radius 3 is 3.00 bits per heavy atom.